The van der Waals surface area contributed by atoms with Gasteiger partial charge in [0.25, 0.3) is 0 Å². The second kappa shape index (κ2) is 7.27. The van der Waals surface area contributed by atoms with E-state index < -0.39 is 0 Å². The first kappa shape index (κ1) is 15.6. The number of para-hydroxylation sites is 1. The van der Waals surface area contributed by atoms with Gasteiger partial charge in [0.1, 0.15) is 29.5 Å². The van der Waals surface area contributed by atoms with Crippen LogP contribution in [0, 0.1) is 6.92 Å². The van der Waals surface area contributed by atoms with Crippen LogP contribution in [0.15, 0.2) is 30.6 Å². The Labute approximate surface area is 130 Å². The van der Waals surface area contributed by atoms with Crippen molar-refractivity contribution in [1.29, 1.82) is 0 Å². The Morgan fingerprint density at radius 2 is 2.00 bits per heavy atom. The zero-order valence-corrected chi connectivity index (χ0v) is 13.3. The van der Waals surface area contributed by atoms with Crippen LogP contribution >= 0.6 is 11.6 Å². The standard InChI is InChI=1S/C16H20ClN3O/c1-11(2)13-6-4-5-7-14(13)21-9-8-18-16-15(17)12(3)19-10-20-16/h4-7,10-11H,8-9H2,1-3H3,(H,18,19,20). The first-order valence-electron chi connectivity index (χ1n) is 7.02. The summed E-state index contributed by atoms with van der Waals surface area (Å²) in [5, 5.41) is 3.72. The smallest absolute Gasteiger partial charge is 0.148 e. The van der Waals surface area contributed by atoms with Crippen molar-refractivity contribution in [3.8, 4) is 5.75 Å². The highest BCUT2D eigenvalue weighted by molar-refractivity contribution is 6.33. The Bertz CT molecular complexity index is 602. The van der Waals surface area contributed by atoms with Gasteiger partial charge in [0, 0.05) is 0 Å². The number of benzene rings is 1. The first-order valence-corrected chi connectivity index (χ1v) is 7.40. The number of rotatable bonds is 6. The van der Waals surface area contributed by atoms with Gasteiger partial charge in [0.05, 0.1) is 12.2 Å². The van der Waals surface area contributed by atoms with Crippen LogP contribution in [-0.4, -0.2) is 23.1 Å². The first-order chi connectivity index (χ1) is 10.1. The van der Waals surface area contributed by atoms with E-state index in [1.54, 1.807) is 0 Å². The van der Waals surface area contributed by atoms with Crippen molar-refractivity contribution in [2.24, 2.45) is 0 Å². The summed E-state index contributed by atoms with van der Waals surface area (Å²) in [5.74, 6) is 2.01. The number of aryl methyl sites for hydroxylation is 1. The number of nitrogens with one attached hydrogen (secondary N) is 1. The molecule has 1 N–H and O–H groups in total. The van der Waals surface area contributed by atoms with E-state index in [1.807, 2.05) is 25.1 Å². The van der Waals surface area contributed by atoms with E-state index in [-0.39, 0.29) is 0 Å². The number of hydrogen-bond acceptors (Lipinski definition) is 4. The molecule has 1 aromatic heterocycles. The van der Waals surface area contributed by atoms with Gasteiger partial charge in [-0.05, 0) is 24.5 Å². The van der Waals surface area contributed by atoms with Gasteiger partial charge in [0.15, 0.2) is 0 Å². The molecule has 1 aromatic carbocycles. The Kier molecular flexibility index (Phi) is 5.39. The molecule has 21 heavy (non-hydrogen) atoms. The Hall–Kier alpha value is -1.81. The molecule has 2 rings (SSSR count). The van der Waals surface area contributed by atoms with E-state index in [2.05, 4.69) is 35.2 Å². The zero-order valence-electron chi connectivity index (χ0n) is 12.6. The number of halogens is 1. The highest BCUT2D eigenvalue weighted by Gasteiger charge is 2.07. The Morgan fingerprint density at radius 3 is 2.76 bits per heavy atom. The van der Waals surface area contributed by atoms with Gasteiger partial charge in [-0.3, -0.25) is 0 Å². The molecule has 0 aliphatic heterocycles. The van der Waals surface area contributed by atoms with Crippen molar-refractivity contribution in [3.63, 3.8) is 0 Å². The largest absolute Gasteiger partial charge is 0.491 e. The summed E-state index contributed by atoms with van der Waals surface area (Å²) in [6.07, 6.45) is 1.50. The fourth-order valence-corrected chi connectivity index (χ4v) is 2.16. The van der Waals surface area contributed by atoms with Crippen molar-refractivity contribution < 1.29 is 4.74 Å². The predicted molar refractivity (Wildman–Crippen MR) is 86.3 cm³/mol. The SMILES string of the molecule is Cc1ncnc(NCCOc2ccccc2C(C)C)c1Cl. The summed E-state index contributed by atoms with van der Waals surface area (Å²) in [4.78, 5) is 8.15. The molecule has 0 spiro atoms. The predicted octanol–water partition coefficient (Wildman–Crippen LogP) is 4.05. The zero-order chi connectivity index (χ0) is 15.2. The van der Waals surface area contributed by atoms with Crippen LogP contribution < -0.4 is 10.1 Å². The average Bonchev–Trinajstić information content (AvgIpc) is 2.48. The third-order valence-electron chi connectivity index (χ3n) is 3.16. The van der Waals surface area contributed by atoms with Crippen molar-refractivity contribution in [2.45, 2.75) is 26.7 Å². The molecule has 112 valence electrons. The van der Waals surface area contributed by atoms with Crippen LogP contribution in [0.1, 0.15) is 31.0 Å². The van der Waals surface area contributed by atoms with E-state index in [0.29, 0.717) is 29.9 Å². The molecule has 1 heterocycles. The molecule has 0 bridgehead atoms. The van der Waals surface area contributed by atoms with Crippen LogP contribution in [-0.2, 0) is 0 Å². The second-order valence-electron chi connectivity index (χ2n) is 5.09. The molecule has 4 nitrogen and oxygen atoms in total. The van der Waals surface area contributed by atoms with Crippen LogP contribution in [0.2, 0.25) is 5.02 Å². The molecule has 5 heteroatoms. The summed E-state index contributed by atoms with van der Waals surface area (Å²) in [6, 6.07) is 8.11. The number of nitrogens with zero attached hydrogens (tertiary/aromatic N) is 2. The van der Waals surface area contributed by atoms with Crippen LogP contribution in [0.3, 0.4) is 0 Å². The molecule has 0 aliphatic rings. The molecule has 0 radical (unpaired) electrons. The van der Waals surface area contributed by atoms with Gasteiger partial charge in [-0.25, -0.2) is 9.97 Å². The van der Waals surface area contributed by atoms with E-state index in [4.69, 9.17) is 16.3 Å². The minimum Gasteiger partial charge on any atom is -0.491 e. The maximum atomic E-state index is 6.13. The molecular weight excluding hydrogens is 286 g/mol. The molecule has 0 atom stereocenters. The molecule has 0 aliphatic carbocycles. The summed E-state index contributed by atoms with van der Waals surface area (Å²) in [6.45, 7) is 7.34. The van der Waals surface area contributed by atoms with E-state index in [9.17, 15) is 0 Å². The van der Waals surface area contributed by atoms with Crippen LogP contribution in [0.25, 0.3) is 0 Å². The van der Waals surface area contributed by atoms with E-state index >= 15 is 0 Å². The fourth-order valence-electron chi connectivity index (χ4n) is 2.00. The number of hydrogen-bond donors (Lipinski definition) is 1. The minimum atomic E-state index is 0.438. The molecule has 0 amide bonds. The van der Waals surface area contributed by atoms with Gasteiger partial charge >= 0.3 is 0 Å². The molecule has 0 fully saturated rings. The summed E-state index contributed by atoms with van der Waals surface area (Å²) < 4.78 is 5.84. The third-order valence-corrected chi connectivity index (χ3v) is 3.61. The van der Waals surface area contributed by atoms with E-state index in [1.165, 1.54) is 11.9 Å². The lowest BCUT2D eigenvalue weighted by Gasteiger charge is -2.14. The number of ether oxygens (including phenoxy) is 1. The van der Waals surface area contributed by atoms with Crippen molar-refractivity contribution in [3.05, 3.63) is 46.9 Å². The lowest BCUT2D eigenvalue weighted by atomic mass is 10.0. The second-order valence-corrected chi connectivity index (χ2v) is 5.47. The molecule has 2 aromatic rings. The highest BCUT2D eigenvalue weighted by atomic mass is 35.5. The number of anilines is 1. The maximum Gasteiger partial charge on any atom is 0.148 e. The average molecular weight is 306 g/mol. The van der Waals surface area contributed by atoms with Crippen LogP contribution in [0.5, 0.6) is 5.75 Å². The summed E-state index contributed by atoms with van der Waals surface area (Å²) in [7, 11) is 0. The van der Waals surface area contributed by atoms with Crippen molar-refractivity contribution in [2.75, 3.05) is 18.5 Å². The summed E-state index contributed by atoms with van der Waals surface area (Å²) >= 11 is 6.13. The fraction of sp³-hybridized carbons (Fsp3) is 0.375. The van der Waals surface area contributed by atoms with Crippen molar-refractivity contribution >= 4 is 17.4 Å². The van der Waals surface area contributed by atoms with Gasteiger partial charge < -0.3 is 10.1 Å². The monoisotopic (exact) mass is 305 g/mol. The maximum absolute atomic E-state index is 6.13. The minimum absolute atomic E-state index is 0.438. The topological polar surface area (TPSA) is 47.0 Å². The number of aromatic nitrogens is 2. The Morgan fingerprint density at radius 1 is 1.24 bits per heavy atom. The highest BCUT2D eigenvalue weighted by Crippen LogP contribution is 2.26. The molecular formula is C16H20ClN3O. The van der Waals surface area contributed by atoms with E-state index in [0.717, 1.165) is 11.4 Å². The van der Waals surface area contributed by atoms with Crippen LogP contribution in [0.4, 0.5) is 5.82 Å². The van der Waals surface area contributed by atoms with Gasteiger partial charge in [0.2, 0.25) is 0 Å². The molecule has 0 saturated heterocycles. The Balaban J connectivity index is 1.89. The van der Waals surface area contributed by atoms with Gasteiger partial charge in [-0.1, -0.05) is 43.6 Å². The molecule has 0 unspecified atom stereocenters. The third kappa shape index (κ3) is 4.08. The van der Waals surface area contributed by atoms with Gasteiger partial charge in [-0.15, -0.1) is 0 Å². The normalized spacial score (nSPS) is 10.7. The lowest BCUT2D eigenvalue weighted by molar-refractivity contribution is 0.328. The molecule has 0 saturated carbocycles. The summed E-state index contributed by atoms with van der Waals surface area (Å²) in [5.41, 5.74) is 1.98. The van der Waals surface area contributed by atoms with Crippen molar-refractivity contribution in [1.82, 2.24) is 9.97 Å². The van der Waals surface area contributed by atoms with Gasteiger partial charge in [-0.2, -0.15) is 0 Å². The quantitative estimate of drug-likeness (QED) is 0.818. The lowest BCUT2D eigenvalue weighted by Crippen LogP contribution is -2.13.